The van der Waals surface area contributed by atoms with E-state index in [4.69, 9.17) is 9.47 Å². The Morgan fingerprint density at radius 3 is 2.29 bits per heavy atom. The largest absolute Gasteiger partial charge is 0.465 e. The van der Waals surface area contributed by atoms with E-state index in [2.05, 4.69) is 13.8 Å². The molecule has 4 unspecified atom stereocenters. The number of ketones is 1. The molecule has 0 aliphatic heterocycles. The highest BCUT2D eigenvalue weighted by molar-refractivity contribution is 5.99. The maximum atomic E-state index is 12.5. The highest BCUT2D eigenvalue weighted by atomic mass is 16.5. The van der Waals surface area contributed by atoms with E-state index in [1.165, 1.54) is 19.4 Å². The van der Waals surface area contributed by atoms with Crippen LogP contribution >= 0.6 is 0 Å². The molecule has 4 atom stereocenters. The molecule has 2 saturated carbocycles. The van der Waals surface area contributed by atoms with Crippen molar-refractivity contribution in [2.75, 3.05) is 13.2 Å². The summed E-state index contributed by atoms with van der Waals surface area (Å²) in [5.74, 6) is 0.724. The predicted octanol–water partition coefficient (Wildman–Crippen LogP) is 2.68. The van der Waals surface area contributed by atoms with Gasteiger partial charge in [0.05, 0.1) is 0 Å². The topological polar surface area (TPSA) is 69.7 Å². The van der Waals surface area contributed by atoms with Crippen molar-refractivity contribution in [1.82, 2.24) is 0 Å². The minimum Gasteiger partial charge on any atom is -0.465 e. The smallest absolute Gasteiger partial charge is 0.302 e. The molecule has 0 aromatic carbocycles. The molecule has 3 aliphatic rings. The van der Waals surface area contributed by atoms with Gasteiger partial charge in [0.25, 0.3) is 0 Å². The first-order valence-corrected chi connectivity index (χ1v) is 8.77. The van der Waals surface area contributed by atoms with Crippen molar-refractivity contribution < 1.29 is 23.9 Å². The van der Waals surface area contributed by atoms with Gasteiger partial charge in [0.2, 0.25) is 0 Å². The Labute approximate surface area is 142 Å². The number of hydrogen-bond donors (Lipinski definition) is 0. The Balaban J connectivity index is 1.91. The first-order valence-electron chi connectivity index (χ1n) is 8.77. The molecule has 132 valence electrons. The number of carbonyl (C=O) groups is 3. The molecule has 0 saturated heterocycles. The van der Waals surface area contributed by atoms with Crippen LogP contribution < -0.4 is 0 Å². The molecule has 3 aliphatic carbocycles. The van der Waals surface area contributed by atoms with Gasteiger partial charge in [0.1, 0.15) is 13.2 Å². The fraction of sp³-hybridized carbons (Fsp3) is 0.737. The Morgan fingerprint density at radius 1 is 1.17 bits per heavy atom. The average Bonchev–Trinajstić information content (AvgIpc) is 3.05. The van der Waals surface area contributed by atoms with Gasteiger partial charge in [-0.2, -0.15) is 0 Å². The SMILES string of the molecule is CC(=O)OCC1(COC(C)=O)C2CCC(C)=C3C(=O)CC(C)C3C21. The number of allylic oxidation sites excluding steroid dienone is 2. The summed E-state index contributed by atoms with van der Waals surface area (Å²) in [6.45, 7) is 7.54. The van der Waals surface area contributed by atoms with E-state index >= 15 is 0 Å². The van der Waals surface area contributed by atoms with E-state index in [1.807, 2.05) is 0 Å². The zero-order valence-electron chi connectivity index (χ0n) is 14.9. The first-order chi connectivity index (χ1) is 11.3. The Bertz CT molecular complexity index is 599. The lowest BCUT2D eigenvalue weighted by Gasteiger charge is -2.24. The minimum absolute atomic E-state index is 0.205. The molecular weight excluding hydrogens is 308 g/mol. The monoisotopic (exact) mass is 334 g/mol. The van der Waals surface area contributed by atoms with Crippen molar-refractivity contribution >= 4 is 17.7 Å². The summed E-state index contributed by atoms with van der Waals surface area (Å²) in [6.07, 6.45) is 2.45. The summed E-state index contributed by atoms with van der Waals surface area (Å²) in [5.41, 5.74) is 1.89. The summed E-state index contributed by atoms with van der Waals surface area (Å²) in [6, 6.07) is 0. The normalized spacial score (nSPS) is 33.4. The van der Waals surface area contributed by atoms with E-state index in [1.54, 1.807) is 0 Å². The molecule has 0 N–H and O–H groups in total. The lowest BCUT2D eigenvalue weighted by atomic mass is 9.84. The van der Waals surface area contributed by atoms with Crippen LogP contribution in [0.1, 0.15) is 47.0 Å². The van der Waals surface area contributed by atoms with Gasteiger partial charge in [0, 0.05) is 25.7 Å². The maximum Gasteiger partial charge on any atom is 0.302 e. The molecule has 0 radical (unpaired) electrons. The fourth-order valence-corrected chi connectivity index (χ4v) is 5.17. The summed E-state index contributed by atoms with van der Waals surface area (Å²) in [4.78, 5) is 35.1. The van der Waals surface area contributed by atoms with Crippen LogP contribution in [-0.4, -0.2) is 30.9 Å². The molecule has 3 rings (SSSR count). The fourth-order valence-electron chi connectivity index (χ4n) is 5.17. The number of hydrogen-bond acceptors (Lipinski definition) is 5. The van der Waals surface area contributed by atoms with Crippen LogP contribution in [0.5, 0.6) is 0 Å². The van der Waals surface area contributed by atoms with Gasteiger partial charge < -0.3 is 9.47 Å². The third kappa shape index (κ3) is 2.68. The van der Waals surface area contributed by atoms with E-state index in [0.717, 1.165) is 18.4 Å². The maximum absolute atomic E-state index is 12.5. The van der Waals surface area contributed by atoms with Gasteiger partial charge in [-0.1, -0.05) is 12.5 Å². The molecule has 24 heavy (non-hydrogen) atoms. The van der Waals surface area contributed by atoms with E-state index in [0.29, 0.717) is 18.3 Å². The second-order valence-corrected chi connectivity index (χ2v) is 7.79. The van der Waals surface area contributed by atoms with Crippen molar-refractivity contribution in [3.63, 3.8) is 0 Å². The van der Waals surface area contributed by atoms with Crippen molar-refractivity contribution in [2.45, 2.75) is 47.0 Å². The van der Waals surface area contributed by atoms with Crippen molar-refractivity contribution in [3.05, 3.63) is 11.1 Å². The van der Waals surface area contributed by atoms with Crippen molar-refractivity contribution in [1.29, 1.82) is 0 Å². The Kier molecular flexibility index (Phi) is 4.30. The quantitative estimate of drug-likeness (QED) is 0.739. The summed E-state index contributed by atoms with van der Waals surface area (Å²) in [7, 11) is 0. The highest BCUT2D eigenvalue weighted by Crippen LogP contribution is 2.69. The molecule has 0 aromatic heterocycles. The third-order valence-corrected chi connectivity index (χ3v) is 6.25. The van der Waals surface area contributed by atoms with E-state index < -0.39 is 0 Å². The average molecular weight is 334 g/mol. The highest BCUT2D eigenvalue weighted by Gasteiger charge is 2.70. The van der Waals surface area contributed by atoms with Gasteiger partial charge in [-0.15, -0.1) is 0 Å². The van der Waals surface area contributed by atoms with Crippen LogP contribution in [0.15, 0.2) is 11.1 Å². The van der Waals surface area contributed by atoms with Gasteiger partial charge in [0.15, 0.2) is 5.78 Å². The number of ether oxygens (including phenoxy) is 2. The van der Waals surface area contributed by atoms with Gasteiger partial charge in [-0.3, -0.25) is 14.4 Å². The van der Waals surface area contributed by atoms with Crippen molar-refractivity contribution in [2.24, 2.45) is 29.1 Å². The summed E-state index contributed by atoms with van der Waals surface area (Å²) in [5, 5.41) is 0. The van der Waals surface area contributed by atoms with Crippen LogP contribution in [0.4, 0.5) is 0 Å². The lowest BCUT2D eigenvalue weighted by Crippen LogP contribution is -2.27. The number of Topliss-reactive ketones (excluding diaryl/α,β-unsaturated/α-hetero) is 1. The first kappa shape index (κ1) is 17.2. The molecule has 2 fully saturated rings. The van der Waals surface area contributed by atoms with Crippen LogP contribution in [-0.2, 0) is 23.9 Å². The molecule has 0 spiro atoms. The minimum atomic E-state index is -0.327. The molecule has 5 nitrogen and oxygen atoms in total. The summed E-state index contributed by atoms with van der Waals surface area (Å²) < 4.78 is 10.7. The van der Waals surface area contributed by atoms with Crippen LogP contribution in [0.3, 0.4) is 0 Å². The molecule has 0 amide bonds. The summed E-state index contributed by atoms with van der Waals surface area (Å²) >= 11 is 0. The van der Waals surface area contributed by atoms with Crippen LogP contribution in [0, 0.1) is 29.1 Å². The van der Waals surface area contributed by atoms with Gasteiger partial charge in [-0.25, -0.2) is 0 Å². The van der Waals surface area contributed by atoms with Gasteiger partial charge in [-0.05, 0) is 49.0 Å². The molecular formula is C19H26O5. The second-order valence-electron chi connectivity index (χ2n) is 7.79. The van der Waals surface area contributed by atoms with E-state index in [9.17, 15) is 14.4 Å². The number of esters is 2. The molecule has 0 heterocycles. The molecule has 0 bridgehead atoms. The van der Waals surface area contributed by atoms with E-state index in [-0.39, 0.29) is 48.2 Å². The van der Waals surface area contributed by atoms with Crippen LogP contribution in [0.25, 0.3) is 0 Å². The lowest BCUT2D eigenvalue weighted by molar-refractivity contribution is -0.148. The standard InChI is InChI=1S/C19H26O5/c1-10-5-6-14-18(17-11(2)7-15(22)16(10)17)19(14,8-23-12(3)20)9-24-13(4)21/h11,14,17-18H,5-9H2,1-4H3. The Hall–Kier alpha value is -1.65. The molecule has 0 aromatic rings. The van der Waals surface area contributed by atoms with Crippen molar-refractivity contribution in [3.8, 4) is 0 Å². The Morgan fingerprint density at radius 2 is 1.75 bits per heavy atom. The zero-order valence-corrected chi connectivity index (χ0v) is 14.9. The number of carbonyl (C=O) groups excluding carboxylic acids is 3. The predicted molar refractivity (Wildman–Crippen MR) is 86.9 cm³/mol. The molecule has 5 heteroatoms. The number of rotatable bonds is 4. The second kappa shape index (κ2) is 6.01. The van der Waals surface area contributed by atoms with Crippen LogP contribution in [0.2, 0.25) is 0 Å². The number of fused-ring (bicyclic) bond motifs is 3. The third-order valence-electron chi connectivity index (χ3n) is 6.25. The van der Waals surface area contributed by atoms with Gasteiger partial charge >= 0.3 is 11.9 Å². The zero-order chi connectivity index (χ0) is 17.6.